The van der Waals surface area contributed by atoms with Crippen LogP contribution in [-0.4, -0.2) is 89.1 Å². The van der Waals surface area contributed by atoms with E-state index in [1.165, 1.54) is 5.56 Å². The van der Waals surface area contributed by atoms with Crippen LogP contribution in [0.5, 0.6) is 0 Å². The summed E-state index contributed by atoms with van der Waals surface area (Å²) in [6, 6.07) is 10.5. The number of hydrogen-bond acceptors (Lipinski definition) is 5. The van der Waals surface area contributed by atoms with Gasteiger partial charge in [-0.3, -0.25) is 19.4 Å². The minimum absolute atomic E-state index is 0.103. The fourth-order valence-corrected chi connectivity index (χ4v) is 5.06. The van der Waals surface area contributed by atoms with Gasteiger partial charge in [0.2, 0.25) is 11.8 Å². The number of nitrogens with one attached hydrogen (secondary N) is 1. The van der Waals surface area contributed by atoms with Gasteiger partial charge in [0.05, 0.1) is 6.10 Å². The Bertz CT molecular complexity index is 728. The van der Waals surface area contributed by atoms with Gasteiger partial charge in [0, 0.05) is 51.2 Å². The summed E-state index contributed by atoms with van der Waals surface area (Å²) in [6.45, 7) is 3.37. The molecule has 3 heterocycles. The molecule has 3 fully saturated rings. The highest BCUT2D eigenvalue weighted by Gasteiger charge is 2.45. The molecule has 158 valence electrons. The Morgan fingerprint density at radius 1 is 1.21 bits per heavy atom. The third-order valence-corrected chi connectivity index (χ3v) is 6.79. The quantitative estimate of drug-likeness (QED) is 0.750. The van der Waals surface area contributed by atoms with E-state index in [4.69, 9.17) is 0 Å². The van der Waals surface area contributed by atoms with E-state index in [1.807, 2.05) is 18.2 Å². The fourth-order valence-electron chi connectivity index (χ4n) is 5.06. The van der Waals surface area contributed by atoms with Crippen LogP contribution in [0.3, 0.4) is 0 Å². The molecule has 0 radical (unpaired) electrons. The number of rotatable bonds is 5. The average Bonchev–Trinajstić information content (AvgIpc) is 3.31. The van der Waals surface area contributed by atoms with E-state index in [2.05, 4.69) is 34.3 Å². The smallest absolute Gasteiger partial charge is 0.239 e. The highest BCUT2D eigenvalue weighted by Crippen LogP contribution is 2.28. The summed E-state index contributed by atoms with van der Waals surface area (Å²) in [5.41, 5.74) is 1.22. The minimum Gasteiger partial charge on any atom is -0.391 e. The lowest BCUT2D eigenvalue weighted by Gasteiger charge is -2.33. The third-order valence-electron chi connectivity index (χ3n) is 6.79. The number of amides is 2. The zero-order valence-corrected chi connectivity index (χ0v) is 17.2. The Morgan fingerprint density at radius 3 is 2.72 bits per heavy atom. The monoisotopic (exact) mass is 400 g/mol. The first kappa shape index (κ1) is 20.3. The second kappa shape index (κ2) is 8.81. The molecule has 7 heteroatoms. The van der Waals surface area contributed by atoms with Crippen molar-refractivity contribution >= 4 is 11.8 Å². The van der Waals surface area contributed by atoms with E-state index in [0.717, 1.165) is 25.9 Å². The van der Waals surface area contributed by atoms with Crippen LogP contribution >= 0.6 is 0 Å². The van der Waals surface area contributed by atoms with Crippen molar-refractivity contribution in [3.8, 4) is 0 Å². The normalized spacial score (nSPS) is 30.8. The molecule has 7 nitrogen and oxygen atoms in total. The molecule has 0 aliphatic carbocycles. The molecule has 0 spiro atoms. The van der Waals surface area contributed by atoms with Crippen LogP contribution in [0.4, 0.5) is 0 Å². The molecule has 3 aliphatic heterocycles. The SMILES string of the molecule is CN1[C@@H](CCC(=O)N2CC[C@@H](O)C2)CNC(=O)[C@@H]2[C@H]1CCN2Cc1ccccc1. The van der Waals surface area contributed by atoms with Crippen molar-refractivity contribution in [2.24, 2.45) is 0 Å². The minimum atomic E-state index is -0.381. The number of fused-ring (bicyclic) bond motifs is 1. The molecule has 1 aromatic carbocycles. The Morgan fingerprint density at radius 2 is 2.00 bits per heavy atom. The predicted octanol–water partition coefficient (Wildman–Crippen LogP) is 0.433. The van der Waals surface area contributed by atoms with E-state index < -0.39 is 0 Å². The number of carbonyl (C=O) groups is 2. The lowest BCUT2D eigenvalue weighted by atomic mass is 10.0. The summed E-state index contributed by atoms with van der Waals surface area (Å²) < 4.78 is 0. The number of nitrogens with zero attached hydrogens (tertiary/aromatic N) is 3. The summed E-state index contributed by atoms with van der Waals surface area (Å²) in [5.74, 6) is 0.214. The molecule has 0 aromatic heterocycles. The number of β-amino-alcohol motifs (C(OH)–C–C–N with tert-alkyl or cyclic N) is 1. The van der Waals surface area contributed by atoms with E-state index in [9.17, 15) is 14.7 Å². The van der Waals surface area contributed by atoms with E-state index >= 15 is 0 Å². The Hall–Kier alpha value is -1.96. The molecule has 4 atom stereocenters. The molecular weight excluding hydrogens is 368 g/mol. The van der Waals surface area contributed by atoms with Crippen LogP contribution in [0.1, 0.15) is 31.2 Å². The Balaban J connectivity index is 1.37. The number of aliphatic hydroxyl groups excluding tert-OH is 1. The van der Waals surface area contributed by atoms with Crippen molar-refractivity contribution in [1.82, 2.24) is 20.0 Å². The van der Waals surface area contributed by atoms with Crippen LogP contribution in [0.15, 0.2) is 30.3 Å². The van der Waals surface area contributed by atoms with Gasteiger partial charge in [0.15, 0.2) is 0 Å². The standard InChI is InChI=1S/C22H32N4O3/c1-24-17(7-8-20(28)25-11-9-18(27)15-25)13-23-22(29)21-19(24)10-12-26(21)14-16-5-3-2-4-6-16/h2-6,17-19,21,27H,7-15H2,1H3,(H,23,29)/t17-,18+,19+,21-/m0/s1. The Kier molecular flexibility index (Phi) is 6.18. The molecule has 2 N–H and O–H groups in total. The first-order valence-electron chi connectivity index (χ1n) is 10.8. The number of carbonyl (C=O) groups excluding carboxylic acids is 2. The largest absolute Gasteiger partial charge is 0.391 e. The summed E-state index contributed by atoms with van der Waals surface area (Å²) in [7, 11) is 2.10. The molecule has 3 aliphatic rings. The van der Waals surface area contributed by atoms with Gasteiger partial charge in [-0.15, -0.1) is 0 Å². The lowest BCUT2D eigenvalue weighted by Crippen LogP contribution is -2.49. The maximum atomic E-state index is 12.9. The molecule has 1 aromatic rings. The first-order chi connectivity index (χ1) is 14.0. The van der Waals surface area contributed by atoms with Crippen molar-refractivity contribution < 1.29 is 14.7 Å². The molecular formula is C22H32N4O3. The summed E-state index contributed by atoms with van der Waals surface area (Å²) in [4.78, 5) is 31.7. The molecule has 29 heavy (non-hydrogen) atoms. The van der Waals surface area contributed by atoms with Crippen LogP contribution in [0, 0.1) is 0 Å². The predicted molar refractivity (Wildman–Crippen MR) is 110 cm³/mol. The highest BCUT2D eigenvalue weighted by atomic mass is 16.3. The summed E-state index contributed by atoms with van der Waals surface area (Å²) in [5, 5.41) is 12.8. The maximum Gasteiger partial charge on any atom is 0.239 e. The molecule has 0 saturated carbocycles. The number of likely N-dealkylation sites (N-methyl/N-ethyl adjacent to an activating group) is 1. The number of aliphatic hydroxyl groups is 1. The van der Waals surface area contributed by atoms with Gasteiger partial charge < -0.3 is 15.3 Å². The third kappa shape index (κ3) is 4.47. The van der Waals surface area contributed by atoms with Gasteiger partial charge in [-0.1, -0.05) is 30.3 Å². The summed E-state index contributed by atoms with van der Waals surface area (Å²) in [6.07, 6.45) is 2.44. The van der Waals surface area contributed by atoms with E-state index in [0.29, 0.717) is 32.5 Å². The lowest BCUT2D eigenvalue weighted by molar-refractivity contribution is -0.131. The first-order valence-corrected chi connectivity index (χ1v) is 10.8. The van der Waals surface area contributed by atoms with Crippen molar-refractivity contribution in [1.29, 1.82) is 0 Å². The highest BCUT2D eigenvalue weighted by molar-refractivity contribution is 5.83. The number of benzene rings is 1. The fraction of sp³-hybridized carbons (Fsp3) is 0.636. The van der Waals surface area contributed by atoms with Gasteiger partial charge in [-0.25, -0.2) is 0 Å². The molecule has 0 bridgehead atoms. The molecule has 4 rings (SSSR count). The van der Waals surface area contributed by atoms with Crippen molar-refractivity contribution in [3.05, 3.63) is 35.9 Å². The molecule has 3 saturated heterocycles. The van der Waals surface area contributed by atoms with E-state index in [-0.39, 0.29) is 36.0 Å². The molecule has 0 unspecified atom stereocenters. The van der Waals surface area contributed by atoms with Crippen molar-refractivity contribution in [3.63, 3.8) is 0 Å². The van der Waals surface area contributed by atoms with Crippen LogP contribution < -0.4 is 5.32 Å². The topological polar surface area (TPSA) is 76.1 Å². The van der Waals surface area contributed by atoms with Crippen LogP contribution in [0.25, 0.3) is 0 Å². The average molecular weight is 401 g/mol. The van der Waals surface area contributed by atoms with Crippen LogP contribution in [0.2, 0.25) is 0 Å². The summed E-state index contributed by atoms with van der Waals surface area (Å²) >= 11 is 0. The second-order valence-corrected chi connectivity index (χ2v) is 8.64. The zero-order valence-electron chi connectivity index (χ0n) is 17.2. The Labute approximate surface area is 172 Å². The number of likely N-dealkylation sites (tertiary alicyclic amines) is 2. The van der Waals surface area contributed by atoms with Crippen molar-refractivity contribution in [2.45, 2.75) is 56.5 Å². The van der Waals surface area contributed by atoms with Gasteiger partial charge in [-0.05, 0) is 31.9 Å². The van der Waals surface area contributed by atoms with Gasteiger partial charge in [-0.2, -0.15) is 0 Å². The van der Waals surface area contributed by atoms with Gasteiger partial charge in [0.1, 0.15) is 6.04 Å². The van der Waals surface area contributed by atoms with E-state index in [1.54, 1.807) is 4.90 Å². The van der Waals surface area contributed by atoms with Crippen molar-refractivity contribution in [2.75, 3.05) is 33.2 Å². The second-order valence-electron chi connectivity index (χ2n) is 8.64. The number of hydrogen-bond donors (Lipinski definition) is 2. The van der Waals surface area contributed by atoms with Gasteiger partial charge >= 0.3 is 0 Å². The van der Waals surface area contributed by atoms with Crippen LogP contribution in [-0.2, 0) is 16.1 Å². The maximum absolute atomic E-state index is 12.9. The molecule has 2 amide bonds. The van der Waals surface area contributed by atoms with Gasteiger partial charge in [0.25, 0.3) is 0 Å². The zero-order chi connectivity index (χ0) is 20.4.